The minimum Gasteiger partial charge on any atom is -0.478 e. The fraction of sp³-hybridized carbons (Fsp3) is 0.235. The molecule has 0 saturated carbocycles. The first kappa shape index (κ1) is 16.6. The van der Waals surface area contributed by atoms with E-state index in [1.54, 1.807) is 18.5 Å². The van der Waals surface area contributed by atoms with E-state index in [-0.39, 0.29) is 11.6 Å². The lowest BCUT2D eigenvalue weighted by Crippen LogP contribution is -2.15. The van der Waals surface area contributed by atoms with Gasteiger partial charge in [-0.2, -0.15) is 5.10 Å². The van der Waals surface area contributed by atoms with E-state index in [2.05, 4.69) is 32.3 Å². The van der Waals surface area contributed by atoms with Crippen LogP contribution >= 0.6 is 0 Å². The van der Waals surface area contributed by atoms with Crippen molar-refractivity contribution >= 4 is 11.9 Å². The largest absolute Gasteiger partial charge is 0.478 e. The van der Waals surface area contributed by atoms with Crippen molar-refractivity contribution in [1.29, 1.82) is 0 Å². The van der Waals surface area contributed by atoms with Gasteiger partial charge in [-0.3, -0.25) is 9.67 Å². The van der Waals surface area contributed by atoms with Crippen molar-refractivity contribution in [2.75, 3.05) is 5.32 Å². The molecule has 0 amide bonds. The molecule has 0 fully saturated rings. The minimum atomic E-state index is -1.00. The van der Waals surface area contributed by atoms with Crippen LogP contribution in [0.1, 0.15) is 35.4 Å². The summed E-state index contributed by atoms with van der Waals surface area (Å²) >= 11 is 0. The monoisotopic (exact) mass is 338 g/mol. The molecule has 0 aliphatic heterocycles. The lowest BCUT2D eigenvalue weighted by Gasteiger charge is -2.17. The van der Waals surface area contributed by atoms with Crippen molar-refractivity contribution in [2.24, 2.45) is 7.05 Å². The van der Waals surface area contributed by atoms with Crippen LogP contribution < -0.4 is 5.32 Å². The van der Waals surface area contributed by atoms with Gasteiger partial charge in [0.1, 0.15) is 0 Å². The van der Waals surface area contributed by atoms with Gasteiger partial charge in [-0.1, -0.05) is 6.92 Å². The van der Waals surface area contributed by atoms with E-state index >= 15 is 0 Å². The molecule has 0 aliphatic carbocycles. The molecule has 3 aromatic heterocycles. The number of aromatic nitrogens is 5. The first-order chi connectivity index (χ1) is 12.1. The highest BCUT2D eigenvalue weighted by Gasteiger charge is 2.15. The molecule has 0 radical (unpaired) electrons. The van der Waals surface area contributed by atoms with E-state index in [4.69, 9.17) is 5.11 Å². The number of carboxylic acids is 1. The Bertz CT molecular complexity index is 892. The molecule has 8 heteroatoms. The molecule has 3 heterocycles. The highest BCUT2D eigenvalue weighted by Crippen LogP contribution is 2.22. The zero-order valence-corrected chi connectivity index (χ0v) is 13.9. The number of carboxylic acid groups (broad SMARTS) is 1. The van der Waals surface area contributed by atoms with Crippen molar-refractivity contribution in [3.8, 4) is 11.4 Å². The molecule has 1 atom stereocenters. The average molecular weight is 338 g/mol. The van der Waals surface area contributed by atoms with Crippen LogP contribution in [0.2, 0.25) is 0 Å². The Morgan fingerprint density at radius 2 is 2.00 bits per heavy atom. The maximum Gasteiger partial charge on any atom is 0.335 e. The Morgan fingerprint density at radius 1 is 1.20 bits per heavy atom. The first-order valence-corrected chi connectivity index (χ1v) is 7.85. The molecule has 0 unspecified atom stereocenters. The standard InChI is InChI=1S/C17H18N6O2/c1-3-12(15-6-9-20-23(15)2)21-17-19-8-5-13(22-17)14-10-11(16(24)25)4-7-18-14/h4-10,12H,3H2,1-2H3,(H,24,25)(H,19,21,22)/t12-/m1/s1. The van der Waals surface area contributed by atoms with Crippen LogP contribution in [0.3, 0.4) is 0 Å². The number of anilines is 1. The molecule has 0 saturated heterocycles. The van der Waals surface area contributed by atoms with Crippen LogP contribution in [0.4, 0.5) is 5.95 Å². The highest BCUT2D eigenvalue weighted by molar-refractivity contribution is 5.88. The number of pyridine rings is 1. The van der Waals surface area contributed by atoms with Crippen LogP contribution in [0.5, 0.6) is 0 Å². The molecule has 0 aromatic carbocycles. The van der Waals surface area contributed by atoms with Crippen molar-refractivity contribution in [1.82, 2.24) is 24.7 Å². The number of nitrogens with one attached hydrogen (secondary N) is 1. The molecular formula is C17H18N6O2. The molecule has 3 aromatic rings. The normalized spacial score (nSPS) is 11.9. The molecule has 0 bridgehead atoms. The van der Waals surface area contributed by atoms with Gasteiger partial charge in [0.25, 0.3) is 0 Å². The van der Waals surface area contributed by atoms with Gasteiger partial charge in [0, 0.05) is 25.6 Å². The lowest BCUT2D eigenvalue weighted by molar-refractivity contribution is 0.0697. The highest BCUT2D eigenvalue weighted by atomic mass is 16.4. The van der Waals surface area contributed by atoms with E-state index in [0.717, 1.165) is 12.1 Å². The molecule has 25 heavy (non-hydrogen) atoms. The third-order valence-corrected chi connectivity index (χ3v) is 3.85. The minimum absolute atomic E-state index is 0.0149. The second-order valence-corrected chi connectivity index (χ2v) is 5.49. The van der Waals surface area contributed by atoms with Crippen LogP contribution in [0.25, 0.3) is 11.4 Å². The Hall–Kier alpha value is -3.29. The Balaban J connectivity index is 1.88. The molecule has 8 nitrogen and oxygen atoms in total. The van der Waals surface area contributed by atoms with Gasteiger partial charge >= 0.3 is 5.97 Å². The summed E-state index contributed by atoms with van der Waals surface area (Å²) in [7, 11) is 1.89. The van der Waals surface area contributed by atoms with E-state index in [1.165, 1.54) is 18.3 Å². The molecule has 3 rings (SSSR count). The number of hydrogen-bond acceptors (Lipinski definition) is 6. The smallest absolute Gasteiger partial charge is 0.335 e. The fourth-order valence-corrected chi connectivity index (χ4v) is 2.54. The summed E-state index contributed by atoms with van der Waals surface area (Å²) in [6, 6.07) is 6.60. The maximum atomic E-state index is 11.1. The van der Waals surface area contributed by atoms with Crippen molar-refractivity contribution in [3.63, 3.8) is 0 Å². The molecule has 0 aliphatic rings. The van der Waals surface area contributed by atoms with Crippen LogP contribution in [-0.4, -0.2) is 35.8 Å². The predicted molar refractivity (Wildman–Crippen MR) is 92.1 cm³/mol. The number of carbonyl (C=O) groups is 1. The topological polar surface area (TPSA) is 106 Å². The third-order valence-electron chi connectivity index (χ3n) is 3.85. The SMILES string of the molecule is CC[C@@H](Nc1nccc(-c2cc(C(=O)O)ccn2)n1)c1ccnn1C. The first-order valence-electron chi connectivity index (χ1n) is 7.85. The summed E-state index contributed by atoms with van der Waals surface area (Å²) in [5, 5.41) is 16.6. The number of rotatable bonds is 6. The van der Waals surface area contributed by atoms with Crippen LogP contribution in [0, 0.1) is 0 Å². The van der Waals surface area contributed by atoms with Crippen molar-refractivity contribution in [2.45, 2.75) is 19.4 Å². The molecule has 2 N–H and O–H groups in total. The van der Waals surface area contributed by atoms with Crippen molar-refractivity contribution in [3.05, 3.63) is 54.1 Å². The van der Waals surface area contributed by atoms with E-state index < -0.39 is 5.97 Å². The maximum absolute atomic E-state index is 11.1. The zero-order chi connectivity index (χ0) is 17.8. The second kappa shape index (κ2) is 7.08. The molecule has 128 valence electrons. The number of aromatic carboxylic acids is 1. The van der Waals surface area contributed by atoms with Gasteiger partial charge < -0.3 is 10.4 Å². The van der Waals surface area contributed by atoms with E-state index in [0.29, 0.717) is 17.3 Å². The van der Waals surface area contributed by atoms with Gasteiger partial charge in [-0.15, -0.1) is 0 Å². The van der Waals surface area contributed by atoms with Gasteiger partial charge in [0.15, 0.2) is 0 Å². The van der Waals surface area contributed by atoms with Crippen LogP contribution in [-0.2, 0) is 7.05 Å². The van der Waals surface area contributed by atoms with Gasteiger partial charge in [-0.05, 0) is 30.7 Å². The summed E-state index contributed by atoms with van der Waals surface area (Å²) in [4.78, 5) is 24.0. The van der Waals surface area contributed by atoms with Gasteiger partial charge in [0.05, 0.1) is 28.7 Å². The van der Waals surface area contributed by atoms with Crippen LogP contribution in [0.15, 0.2) is 42.9 Å². The summed E-state index contributed by atoms with van der Waals surface area (Å²) in [6.45, 7) is 2.06. The van der Waals surface area contributed by atoms with E-state index in [9.17, 15) is 4.79 Å². The summed E-state index contributed by atoms with van der Waals surface area (Å²) in [6.07, 6.45) is 5.66. The van der Waals surface area contributed by atoms with Gasteiger partial charge in [0.2, 0.25) is 5.95 Å². The number of aryl methyl sites for hydroxylation is 1. The Morgan fingerprint density at radius 3 is 2.68 bits per heavy atom. The molecular weight excluding hydrogens is 320 g/mol. The lowest BCUT2D eigenvalue weighted by atomic mass is 10.1. The quantitative estimate of drug-likeness (QED) is 0.711. The fourth-order valence-electron chi connectivity index (χ4n) is 2.54. The van der Waals surface area contributed by atoms with Crippen molar-refractivity contribution < 1.29 is 9.90 Å². The Kier molecular flexibility index (Phi) is 4.69. The summed E-state index contributed by atoms with van der Waals surface area (Å²) in [5.41, 5.74) is 2.24. The Labute approximate surface area is 144 Å². The van der Waals surface area contributed by atoms with Gasteiger partial charge in [-0.25, -0.2) is 14.8 Å². The average Bonchev–Trinajstić information content (AvgIpc) is 3.06. The number of hydrogen-bond donors (Lipinski definition) is 2. The summed E-state index contributed by atoms with van der Waals surface area (Å²) in [5.74, 6) is -0.550. The molecule has 0 spiro atoms. The zero-order valence-electron chi connectivity index (χ0n) is 13.9. The number of nitrogens with zero attached hydrogens (tertiary/aromatic N) is 5. The second-order valence-electron chi connectivity index (χ2n) is 5.49. The van der Waals surface area contributed by atoms with E-state index in [1.807, 2.05) is 17.8 Å². The predicted octanol–water partition coefficient (Wildman–Crippen LogP) is 2.53. The summed E-state index contributed by atoms with van der Waals surface area (Å²) < 4.78 is 1.81. The third kappa shape index (κ3) is 3.63.